The molecule has 0 aromatic rings. The molecule has 5 atom stereocenters. The maximum absolute atomic E-state index is 13.0. The van der Waals surface area contributed by atoms with Gasteiger partial charge in [-0.05, 0) is 69.1 Å². The van der Waals surface area contributed by atoms with Gasteiger partial charge in [-0.2, -0.15) is 0 Å². The minimum atomic E-state index is -4.95. The molecule has 0 amide bonds. The highest BCUT2D eigenvalue weighted by Gasteiger charge is 2.30. The van der Waals surface area contributed by atoms with Gasteiger partial charge in [-0.1, -0.05) is 253 Å². The molecule has 17 nitrogen and oxygen atoms in total. The molecular weight excluding hydrogens is 1140 g/mol. The largest absolute Gasteiger partial charge is 0.472 e. The van der Waals surface area contributed by atoms with Crippen LogP contribution in [-0.2, 0) is 65.4 Å². The van der Waals surface area contributed by atoms with E-state index >= 15 is 0 Å². The van der Waals surface area contributed by atoms with E-state index in [1.165, 1.54) is 89.9 Å². The van der Waals surface area contributed by atoms with Crippen LogP contribution in [0.2, 0.25) is 0 Å². The zero-order chi connectivity index (χ0) is 63.8. The van der Waals surface area contributed by atoms with E-state index < -0.39 is 97.5 Å². The van der Waals surface area contributed by atoms with E-state index in [4.69, 9.17) is 37.0 Å². The van der Waals surface area contributed by atoms with Crippen molar-refractivity contribution in [2.75, 3.05) is 39.6 Å². The smallest absolute Gasteiger partial charge is 0.462 e. The summed E-state index contributed by atoms with van der Waals surface area (Å²) in [4.78, 5) is 72.3. The summed E-state index contributed by atoms with van der Waals surface area (Å²) in [5.41, 5.74) is 0. The lowest BCUT2D eigenvalue weighted by Gasteiger charge is -2.21. The van der Waals surface area contributed by atoms with Crippen molar-refractivity contribution >= 4 is 39.5 Å². The fourth-order valence-electron chi connectivity index (χ4n) is 9.47. The SMILES string of the molecule is CCCCCC/C=C\C=C/CCCCCCCC(=O)OC[C@H](COP(=O)(O)OC[C@@H](O)COP(=O)(O)OC[C@@H](COC(=O)CCCCCCCCC(C)C)OC(=O)CCCCCCCCCCCCC(C)C)OC(=O)CCCCCCCCC(C)C. The van der Waals surface area contributed by atoms with Gasteiger partial charge in [-0.25, -0.2) is 9.13 Å². The Morgan fingerprint density at radius 1 is 0.360 bits per heavy atom. The number of aliphatic hydroxyl groups is 1. The summed E-state index contributed by atoms with van der Waals surface area (Å²) in [6, 6.07) is 0. The molecule has 0 spiro atoms. The molecule has 0 saturated heterocycles. The molecule has 0 aliphatic rings. The molecule has 0 saturated carbocycles. The third-order valence-corrected chi connectivity index (χ3v) is 16.7. The van der Waals surface area contributed by atoms with E-state index in [1.54, 1.807) is 0 Å². The number of hydrogen-bond acceptors (Lipinski definition) is 15. The van der Waals surface area contributed by atoms with Crippen LogP contribution < -0.4 is 0 Å². The van der Waals surface area contributed by atoms with Crippen LogP contribution in [0, 0.1) is 17.8 Å². The fraction of sp³-hybridized carbons (Fsp3) is 0.881. The second-order valence-corrected chi connectivity index (χ2v) is 27.9. The molecule has 3 N–H and O–H groups in total. The molecule has 19 heteroatoms. The van der Waals surface area contributed by atoms with Gasteiger partial charge in [-0.15, -0.1) is 0 Å². The zero-order valence-corrected chi connectivity index (χ0v) is 57.0. The first kappa shape index (κ1) is 83.5. The van der Waals surface area contributed by atoms with Crippen molar-refractivity contribution in [2.45, 2.75) is 324 Å². The molecule has 0 fully saturated rings. The minimum absolute atomic E-state index is 0.0947. The quantitative estimate of drug-likeness (QED) is 0.0169. The van der Waals surface area contributed by atoms with Crippen molar-refractivity contribution in [1.29, 1.82) is 0 Å². The van der Waals surface area contributed by atoms with Crippen LogP contribution in [0.1, 0.15) is 305 Å². The number of carbonyl (C=O) groups is 4. The fourth-order valence-corrected chi connectivity index (χ4v) is 11.0. The number of phosphoric ester groups is 2. The number of rotatable bonds is 63. The first-order chi connectivity index (χ1) is 41.2. The number of phosphoric acid groups is 2. The Bertz CT molecular complexity index is 1790. The lowest BCUT2D eigenvalue weighted by Crippen LogP contribution is -2.30. The Kier molecular flexibility index (Phi) is 56.0. The maximum Gasteiger partial charge on any atom is 0.472 e. The van der Waals surface area contributed by atoms with E-state index in [0.29, 0.717) is 37.5 Å². The molecule has 0 rings (SSSR count). The van der Waals surface area contributed by atoms with Gasteiger partial charge in [0.2, 0.25) is 0 Å². The summed E-state index contributed by atoms with van der Waals surface area (Å²) in [6.07, 6.45) is 42.9. The van der Waals surface area contributed by atoms with Gasteiger partial charge in [0.15, 0.2) is 12.2 Å². The van der Waals surface area contributed by atoms with Crippen LogP contribution in [0.4, 0.5) is 0 Å². The van der Waals surface area contributed by atoms with Crippen LogP contribution in [0.15, 0.2) is 24.3 Å². The number of aliphatic hydroxyl groups excluding tert-OH is 1. The summed E-state index contributed by atoms with van der Waals surface area (Å²) >= 11 is 0. The highest BCUT2D eigenvalue weighted by atomic mass is 31.2. The predicted octanol–water partition coefficient (Wildman–Crippen LogP) is 18.2. The summed E-state index contributed by atoms with van der Waals surface area (Å²) in [5, 5.41) is 10.5. The average Bonchev–Trinajstić information content (AvgIpc) is 3.66. The zero-order valence-electron chi connectivity index (χ0n) is 55.3. The van der Waals surface area contributed by atoms with Crippen molar-refractivity contribution in [3.63, 3.8) is 0 Å². The number of hydrogen-bond donors (Lipinski definition) is 3. The van der Waals surface area contributed by atoms with E-state index in [2.05, 4.69) is 72.8 Å². The maximum atomic E-state index is 13.0. The molecule has 0 radical (unpaired) electrons. The van der Waals surface area contributed by atoms with Gasteiger partial charge < -0.3 is 33.8 Å². The molecule has 0 aliphatic heterocycles. The molecule has 506 valence electrons. The third kappa shape index (κ3) is 60.5. The van der Waals surface area contributed by atoms with Crippen molar-refractivity contribution in [1.82, 2.24) is 0 Å². The average molecular weight is 1270 g/mol. The van der Waals surface area contributed by atoms with Gasteiger partial charge >= 0.3 is 39.5 Å². The van der Waals surface area contributed by atoms with E-state index in [1.807, 2.05) is 0 Å². The topological polar surface area (TPSA) is 237 Å². The van der Waals surface area contributed by atoms with Gasteiger partial charge in [-0.3, -0.25) is 37.3 Å². The van der Waals surface area contributed by atoms with Crippen LogP contribution >= 0.6 is 15.6 Å². The summed E-state index contributed by atoms with van der Waals surface area (Å²) in [7, 11) is -9.90. The Labute approximate surface area is 522 Å². The molecule has 0 heterocycles. The van der Waals surface area contributed by atoms with Crippen molar-refractivity contribution in [3.05, 3.63) is 24.3 Å². The molecule has 86 heavy (non-hydrogen) atoms. The number of ether oxygens (including phenoxy) is 4. The third-order valence-electron chi connectivity index (χ3n) is 14.8. The summed E-state index contributed by atoms with van der Waals surface area (Å²) in [6.45, 7) is 11.6. The van der Waals surface area contributed by atoms with Gasteiger partial charge in [0.05, 0.1) is 26.4 Å². The highest BCUT2D eigenvalue weighted by molar-refractivity contribution is 7.47. The lowest BCUT2D eigenvalue weighted by molar-refractivity contribution is -0.161. The van der Waals surface area contributed by atoms with E-state index in [-0.39, 0.29) is 25.7 Å². The summed E-state index contributed by atoms with van der Waals surface area (Å²) < 4.78 is 68.0. The molecule has 0 bridgehead atoms. The number of allylic oxidation sites excluding steroid dienone is 4. The van der Waals surface area contributed by atoms with E-state index in [9.17, 15) is 43.2 Å². The first-order valence-electron chi connectivity index (χ1n) is 34.2. The van der Waals surface area contributed by atoms with Gasteiger partial charge in [0, 0.05) is 25.7 Å². The van der Waals surface area contributed by atoms with Crippen molar-refractivity contribution in [3.8, 4) is 0 Å². The standard InChI is InChI=1S/C67H126O17P2/c1-8-9-10-11-12-13-14-15-16-17-18-22-25-34-41-48-64(69)77-54-63(84-67(72)51-44-37-30-28-33-40-47-60(6)7)57-82-86(75,76)80-53-61(68)52-79-85(73,74)81-56-62(55-78-65(70)49-42-35-29-27-32-39-46-59(4)5)83-66(71)50-43-36-26-23-20-19-21-24-31-38-45-58(2)3/h13-16,58-63,68H,8-12,17-57H2,1-7H3,(H,73,74)(H,75,76)/b14-13-,16-15-/t61-,62+,63+/m0/s1. The minimum Gasteiger partial charge on any atom is -0.462 e. The Morgan fingerprint density at radius 3 is 0.942 bits per heavy atom. The predicted molar refractivity (Wildman–Crippen MR) is 344 cm³/mol. The van der Waals surface area contributed by atoms with Crippen molar-refractivity contribution in [2.24, 2.45) is 17.8 Å². The first-order valence-corrected chi connectivity index (χ1v) is 37.2. The molecule has 2 unspecified atom stereocenters. The number of esters is 4. The Morgan fingerprint density at radius 2 is 0.628 bits per heavy atom. The van der Waals surface area contributed by atoms with Crippen LogP contribution in [0.25, 0.3) is 0 Å². The number of unbranched alkanes of at least 4 members (excludes halogenated alkanes) is 28. The summed E-state index contributed by atoms with van der Waals surface area (Å²) in [5.74, 6) is -0.0743. The van der Waals surface area contributed by atoms with E-state index in [0.717, 1.165) is 121 Å². The van der Waals surface area contributed by atoms with Gasteiger partial charge in [0.25, 0.3) is 0 Å². The van der Waals surface area contributed by atoms with Crippen LogP contribution in [0.5, 0.6) is 0 Å². The van der Waals surface area contributed by atoms with Crippen LogP contribution in [0.3, 0.4) is 0 Å². The second kappa shape index (κ2) is 57.7. The molecular formula is C67H126O17P2. The van der Waals surface area contributed by atoms with Crippen molar-refractivity contribution < 1.29 is 80.2 Å². The monoisotopic (exact) mass is 1260 g/mol. The second-order valence-electron chi connectivity index (χ2n) is 25.0. The molecule has 0 aromatic heterocycles. The Balaban J connectivity index is 5.24. The lowest BCUT2D eigenvalue weighted by atomic mass is 10.0. The highest BCUT2D eigenvalue weighted by Crippen LogP contribution is 2.45. The van der Waals surface area contributed by atoms with Gasteiger partial charge in [0.1, 0.15) is 19.3 Å². The molecule has 0 aliphatic carbocycles. The Hall–Kier alpha value is -2.46. The number of carbonyl (C=O) groups excluding carboxylic acids is 4. The molecule has 0 aromatic carbocycles. The van der Waals surface area contributed by atoms with Crippen LogP contribution in [-0.4, -0.2) is 96.7 Å². The normalized spacial score (nSPS) is 14.5.